The van der Waals surface area contributed by atoms with Crippen LogP contribution in [0, 0.1) is 5.92 Å². The molecule has 0 rings (SSSR count). The molecule has 0 aromatic rings. The molecule has 0 saturated carbocycles. The van der Waals surface area contributed by atoms with Crippen LogP contribution in [0.3, 0.4) is 0 Å². The quantitative estimate of drug-likeness (QED) is 0.619. The zero-order valence-electron chi connectivity index (χ0n) is 12.0. The summed E-state index contributed by atoms with van der Waals surface area (Å²) in [6.07, 6.45) is 3.44. The molecular formula is C13H27N3O2. The van der Waals surface area contributed by atoms with E-state index in [0.29, 0.717) is 12.3 Å². The third kappa shape index (κ3) is 7.92. The summed E-state index contributed by atoms with van der Waals surface area (Å²) in [5.74, 6) is 0.478. The summed E-state index contributed by atoms with van der Waals surface area (Å²) in [6.45, 7) is 8.25. The lowest BCUT2D eigenvalue weighted by molar-refractivity contribution is -0.123. The number of hydrogen-bond donors (Lipinski definition) is 3. The fraction of sp³-hybridized carbons (Fsp3) is 0.846. The number of nitrogens with one attached hydrogen (secondary N) is 2. The van der Waals surface area contributed by atoms with Crippen LogP contribution in [-0.2, 0) is 4.79 Å². The van der Waals surface area contributed by atoms with E-state index in [9.17, 15) is 9.59 Å². The molecule has 0 fully saturated rings. The summed E-state index contributed by atoms with van der Waals surface area (Å²) < 4.78 is 0. The lowest BCUT2D eigenvalue weighted by atomic mass is 10.0. The van der Waals surface area contributed by atoms with Gasteiger partial charge in [-0.15, -0.1) is 0 Å². The lowest BCUT2D eigenvalue weighted by Crippen LogP contribution is -2.50. The van der Waals surface area contributed by atoms with E-state index in [1.54, 1.807) is 0 Å². The number of rotatable bonds is 8. The van der Waals surface area contributed by atoms with Gasteiger partial charge in [0.15, 0.2) is 0 Å². The van der Waals surface area contributed by atoms with Gasteiger partial charge in [0.2, 0.25) is 5.91 Å². The number of amides is 3. The van der Waals surface area contributed by atoms with Gasteiger partial charge in [0.25, 0.3) is 0 Å². The molecule has 0 aromatic heterocycles. The van der Waals surface area contributed by atoms with E-state index in [2.05, 4.69) is 24.5 Å². The van der Waals surface area contributed by atoms with Gasteiger partial charge in [0.1, 0.15) is 6.04 Å². The van der Waals surface area contributed by atoms with Gasteiger partial charge in [0.05, 0.1) is 0 Å². The van der Waals surface area contributed by atoms with E-state index in [4.69, 9.17) is 5.73 Å². The molecule has 5 heteroatoms. The van der Waals surface area contributed by atoms with E-state index in [1.807, 2.05) is 13.8 Å². The number of carbonyl (C=O) groups excluding carboxylic acids is 2. The highest BCUT2D eigenvalue weighted by atomic mass is 16.2. The second-order valence-electron chi connectivity index (χ2n) is 5.23. The number of nitrogens with two attached hydrogens (primary N) is 1. The van der Waals surface area contributed by atoms with Crippen LogP contribution in [0.15, 0.2) is 0 Å². The molecule has 0 spiro atoms. The highest BCUT2D eigenvalue weighted by molar-refractivity contribution is 5.86. The second kappa shape index (κ2) is 8.78. The Kier molecular flexibility index (Phi) is 8.16. The minimum atomic E-state index is -0.654. The molecule has 0 saturated heterocycles. The van der Waals surface area contributed by atoms with Gasteiger partial charge in [-0.1, -0.05) is 27.2 Å². The summed E-state index contributed by atoms with van der Waals surface area (Å²) in [5, 5.41) is 5.39. The SMILES string of the molecule is CCC[C@@H](NC(N)=O)C(=O)N[C@H](C)CCC(C)C. The highest BCUT2D eigenvalue weighted by Crippen LogP contribution is 2.07. The van der Waals surface area contributed by atoms with Crippen molar-refractivity contribution >= 4 is 11.9 Å². The number of hydrogen-bond acceptors (Lipinski definition) is 2. The Hall–Kier alpha value is -1.26. The maximum atomic E-state index is 11.9. The molecule has 0 aliphatic heterocycles. The predicted octanol–water partition coefficient (Wildman–Crippen LogP) is 1.76. The Balaban J connectivity index is 4.19. The molecule has 3 amide bonds. The molecule has 0 heterocycles. The zero-order chi connectivity index (χ0) is 14.1. The van der Waals surface area contributed by atoms with E-state index in [-0.39, 0.29) is 11.9 Å². The first-order valence-corrected chi connectivity index (χ1v) is 6.73. The van der Waals surface area contributed by atoms with Crippen molar-refractivity contribution in [3.8, 4) is 0 Å². The number of primary amides is 1. The van der Waals surface area contributed by atoms with Crippen molar-refractivity contribution in [2.45, 2.75) is 65.5 Å². The van der Waals surface area contributed by atoms with Gasteiger partial charge >= 0.3 is 6.03 Å². The molecule has 0 unspecified atom stereocenters. The van der Waals surface area contributed by atoms with Gasteiger partial charge < -0.3 is 16.4 Å². The minimum Gasteiger partial charge on any atom is -0.352 e. The Labute approximate surface area is 110 Å². The van der Waals surface area contributed by atoms with Crippen molar-refractivity contribution in [3.05, 3.63) is 0 Å². The molecule has 4 N–H and O–H groups in total. The molecule has 106 valence electrons. The molecule has 5 nitrogen and oxygen atoms in total. The lowest BCUT2D eigenvalue weighted by Gasteiger charge is -2.20. The first-order valence-electron chi connectivity index (χ1n) is 6.73. The van der Waals surface area contributed by atoms with Crippen LogP contribution in [0.2, 0.25) is 0 Å². The molecular weight excluding hydrogens is 230 g/mol. The summed E-state index contributed by atoms with van der Waals surface area (Å²) in [5.41, 5.74) is 5.06. The van der Waals surface area contributed by atoms with Crippen LogP contribution < -0.4 is 16.4 Å². The Morgan fingerprint density at radius 1 is 1.06 bits per heavy atom. The van der Waals surface area contributed by atoms with Crippen LogP contribution in [0.4, 0.5) is 4.79 Å². The minimum absolute atomic E-state index is 0.119. The maximum Gasteiger partial charge on any atom is 0.312 e. The first kappa shape index (κ1) is 16.7. The van der Waals surface area contributed by atoms with E-state index < -0.39 is 12.1 Å². The van der Waals surface area contributed by atoms with Crippen LogP contribution in [0.25, 0.3) is 0 Å². The smallest absolute Gasteiger partial charge is 0.312 e. The molecule has 0 bridgehead atoms. The topological polar surface area (TPSA) is 84.2 Å². The third-order valence-corrected chi connectivity index (χ3v) is 2.78. The Morgan fingerprint density at radius 3 is 2.11 bits per heavy atom. The summed E-state index contributed by atoms with van der Waals surface area (Å²) in [7, 11) is 0. The van der Waals surface area contributed by atoms with Crippen LogP contribution in [0.1, 0.15) is 53.4 Å². The van der Waals surface area contributed by atoms with Crippen molar-refractivity contribution < 1.29 is 9.59 Å². The van der Waals surface area contributed by atoms with Crippen LogP contribution in [0.5, 0.6) is 0 Å². The number of carbonyl (C=O) groups is 2. The fourth-order valence-corrected chi connectivity index (χ4v) is 1.73. The van der Waals surface area contributed by atoms with E-state index >= 15 is 0 Å². The molecule has 0 aliphatic rings. The van der Waals surface area contributed by atoms with Crippen LogP contribution >= 0.6 is 0 Å². The van der Waals surface area contributed by atoms with Gasteiger partial charge in [-0.3, -0.25) is 4.79 Å². The summed E-state index contributed by atoms with van der Waals surface area (Å²) >= 11 is 0. The van der Waals surface area contributed by atoms with Gasteiger partial charge in [-0.05, 0) is 32.1 Å². The largest absolute Gasteiger partial charge is 0.352 e. The molecule has 18 heavy (non-hydrogen) atoms. The average molecular weight is 257 g/mol. The van der Waals surface area contributed by atoms with Crippen molar-refractivity contribution in [2.75, 3.05) is 0 Å². The fourth-order valence-electron chi connectivity index (χ4n) is 1.73. The molecule has 0 aliphatic carbocycles. The monoisotopic (exact) mass is 257 g/mol. The van der Waals surface area contributed by atoms with E-state index in [1.165, 1.54) is 0 Å². The van der Waals surface area contributed by atoms with Crippen molar-refractivity contribution in [2.24, 2.45) is 11.7 Å². The Morgan fingerprint density at radius 2 is 1.67 bits per heavy atom. The van der Waals surface area contributed by atoms with Crippen molar-refractivity contribution in [3.63, 3.8) is 0 Å². The second-order valence-corrected chi connectivity index (χ2v) is 5.23. The van der Waals surface area contributed by atoms with E-state index in [0.717, 1.165) is 19.3 Å². The predicted molar refractivity (Wildman–Crippen MR) is 73.1 cm³/mol. The highest BCUT2D eigenvalue weighted by Gasteiger charge is 2.20. The molecule has 0 radical (unpaired) electrons. The maximum absolute atomic E-state index is 11.9. The average Bonchev–Trinajstić information content (AvgIpc) is 2.25. The van der Waals surface area contributed by atoms with Gasteiger partial charge in [-0.2, -0.15) is 0 Å². The standard InChI is InChI=1S/C13H27N3O2/c1-5-6-11(16-13(14)18)12(17)15-10(4)8-7-9(2)3/h9-11H,5-8H2,1-4H3,(H,15,17)(H3,14,16,18)/t10-,11-/m1/s1. The third-order valence-electron chi connectivity index (χ3n) is 2.78. The molecule has 0 aromatic carbocycles. The summed E-state index contributed by atoms with van der Waals surface area (Å²) in [4.78, 5) is 22.8. The summed E-state index contributed by atoms with van der Waals surface area (Å²) in [6, 6.07) is -1.05. The number of urea groups is 1. The Bertz CT molecular complexity index is 267. The zero-order valence-corrected chi connectivity index (χ0v) is 12.0. The normalized spacial score (nSPS) is 14.1. The molecule has 2 atom stereocenters. The van der Waals surface area contributed by atoms with Crippen LogP contribution in [-0.4, -0.2) is 24.0 Å². The first-order chi connectivity index (χ1) is 8.36. The van der Waals surface area contributed by atoms with Gasteiger partial charge in [0, 0.05) is 6.04 Å². The van der Waals surface area contributed by atoms with Gasteiger partial charge in [-0.25, -0.2) is 4.79 Å². The van der Waals surface area contributed by atoms with Crippen molar-refractivity contribution in [1.29, 1.82) is 0 Å². The van der Waals surface area contributed by atoms with Crippen molar-refractivity contribution in [1.82, 2.24) is 10.6 Å².